The first-order valence-electron chi connectivity index (χ1n) is 17.2. The van der Waals surface area contributed by atoms with Gasteiger partial charge in [-0.3, -0.25) is 0 Å². The Kier molecular flexibility index (Phi) is 5.92. The second kappa shape index (κ2) is 10.8. The molecule has 0 N–H and O–H groups in total. The molecule has 8 aromatic carbocycles. The molecule has 0 aliphatic heterocycles. The Bertz CT molecular complexity index is 3030. The lowest BCUT2D eigenvalue weighted by Crippen LogP contribution is -2.00. The SMILES string of the molecule is c1ccc(-c2nc(-c3ccc4ccccc4c3)nc(-c3cccc4oc5c(-c6cc7c8c(cccc8c6)-c6ccccc6-7)cccc5c34)n2)cc1. The Morgan fingerprint density at radius 3 is 1.84 bits per heavy atom. The third-order valence-electron chi connectivity index (χ3n) is 10.2. The topological polar surface area (TPSA) is 51.8 Å². The zero-order chi connectivity index (χ0) is 33.5. The average molecular weight is 650 g/mol. The van der Waals surface area contributed by atoms with Gasteiger partial charge in [0.1, 0.15) is 11.2 Å². The van der Waals surface area contributed by atoms with Crippen LogP contribution in [0.2, 0.25) is 0 Å². The smallest absolute Gasteiger partial charge is 0.164 e. The Hall–Kier alpha value is -6.91. The van der Waals surface area contributed by atoms with E-state index in [-0.39, 0.29) is 0 Å². The van der Waals surface area contributed by atoms with Gasteiger partial charge in [-0.25, -0.2) is 15.0 Å². The first-order valence-corrected chi connectivity index (χ1v) is 17.2. The minimum atomic E-state index is 0.605. The van der Waals surface area contributed by atoms with Crippen LogP contribution in [0.15, 0.2) is 168 Å². The number of benzene rings is 8. The maximum absolute atomic E-state index is 6.77. The number of furan rings is 1. The quantitative estimate of drug-likeness (QED) is 0.190. The summed E-state index contributed by atoms with van der Waals surface area (Å²) in [5, 5.41) is 6.87. The highest BCUT2D eigenvalue weighted by molar-refractivity contribution is 6.19. The molecular formula is C47H27N3O. The molecule has 0 fully saturated rings. The number of para-hydroxylation sites is 1. The highest BCUT2D eigenvalue weighted by Gasteiger charge is 2.24. The van der Waals surface area contributed by atoms with Gasteiger partial charge in [-0.1, -0.05) is 140 Å². The predicted molar refractivity (Wildman–Crippen MR) is 208 cm³/mol. The third kappa shape index (κ3) is 4.30. The maximum atomic E-state index is 6.77. The van der Waals surface area contributed by atoms with Gasteiger partial charge in [-0.2, -0.15) is 0 Å². The molecule has 0 spiro atoms. The van der Waals surface area contributed by atoms with Crippen molar-refractivity contribution < 1.29 is 4.42 Å². The summed E-state index contributed by atoms with van der Waals surface area (Å²) >= 11 is 0. The molecule has 1 aliphatic carbocycles. The minimum absolute atomic E-state index is 0.605. The molecule has 0 amide bonds. The van der Waals surface area contributed by atoms with Crippen LogP contribution in [0, 0.1) is 0 Å². The fourth-order valence-electron chi connectivity index (χ4n) is 7.90. The van der Waals surface area contributed by atoms with E-state index < -0.39 is 0 Å². The zero-order valence-corrected chi connectivity index (χ0v) is 27.3. The van der Waals surface area contributed by atoms with Crippen molar-refractivity contribution in [2.45, 2.75) is 0 Å². The number of fused-ring (bicyclic) bond motifs is 7. The van der Waals surface area contributed by atoms with E-state index in [9.17, 15) is 0 Å². The van der Waals surface area contributed by atoms with Crippen LogP contribution in [0.5, 0.6) is 0 Å². The van der Waals surface area contributed by atoms with Crippen molar-refractivity contribution in [3.8, 4) is 67.5 Å². The van der Waals surface area contributed by atoms with Gasteiger partial charge in [0.15, 0.2) is 17.5 Å². The molecule has 51 heavy (non-hydrogen) atoms. The highest BCUT2D eigenvalue weighted by atomic mass is 16.3. The van der Waals surface area contributed by atoms with Gasteiger partial charge in [0, 0.05) is 33.0 Å². The zero-order valence-electron chi connectivity index (χ0n) is 27.3. The number of nitrogens with zero attached hydrogens (tertiary/aromatic N) is 3. The van der Waals surface area contributed by atoms with Gasteiger partial charge >= 0.3 is 0 Å². The Balaban J connectivity index is 1.13. The lowest BCUT2D eigenvalue weighted by atomic mass is 9.95. The van der Waals surface area contributed by atoms with Crippen LogP contribution < -0.4 is 0 Å². The summed E-state index contributed by atoms with van der Waals surface area (Å²) in [6.07, 6.45) is 0. The van der Waals surface area contributed by atoms with Gasteiger partial charge in [0.25, 0.3) is 0 Å². The van der Waals surface area contributed by atoms with Crippen LogP contribution in [0.25, 0.3) is 111 Å². The molecule has 2 heterocycles. The van der Waals surface area contributed by atoms with Crippen molar-refractivity contribution in [2.24, 2.45) is 0 Å². The first kappa shape index (κ1) is 28.0. The molecule has 4 heteroatoms. The van der Waals surface area contributed by atoms with E-state index in [4.69, 9.17) is 19.4 Å². The molecule has 0 saturated heterocycles. The predicted octanol–water partition coefficient (Wildman–Crippen LogP) is 12.4. The molecule has 0 unspecified atom stereocenters. The minimum Gasteiger partial charge on any atom is -0.455 e. The van der Waals surface area contributed by atoms with Gasteiger partial charge in [0.05, 0.1) is 0 Å². The van der Waals surface area contributed by atoms with Crippen LogP contribution in [-0.4, -0.2) is 15.0 Å². The van der Waals surface area contributed by atoms with Gasteiger partial charge in [0.2, 0.25) is 0 Å². The Labute approximate surface area is 293 Å². The molecule has 1 aliphatic rings. The van der Waals surface area contributed by atoms with E-state index in [1.165, 1.54) is 38.4 Å². The van der Waals surface area contributed by atoms with E-state index >= 15 is 0 Å². The van der Waals surface area contributed by atoms with Crippen molar-refractivity contribution in [1.29, 1.82) is 0 Å². The van der Waals surface area contributed by atoms with Crippen molar-refractivity contribution in [3.05, 3.63) is 164 Å². The third-order valence-corrected chi connectivity index (χ3v) is 10.2. The second-order valence-corrected chi connectivity index (χ2v) is 13.2. The molecule has 236 valence electrons. The molecular weight excluding hydrogens is 623 g/mol. The highest BCUT2D eigenvalue weighted by Crippen LogP contribution is 2.49. The standard InChI is InChI=1S/C47H27N3O/c1-2-12-29(13-3-1)45-48-46(32-24-23-28-11-4-5-14-30(28)25-32)50-47(49-45)39-21-10-22-41-43(39)38-20-9-18-34(44(38)51-41)33-26-31-15-8-19-37-35-16-6-7-17-36(35)40(27-33)42(31)37/h1-27H. The van der Waals surface area contributed by atoms with Crippen LogP contribution in [0.4, 0.5) is 0 Å². The average Bonchev–Trinajstić information content (AvgIpc) is 3.75. The molecule has 2 aromatic heterocycles. The largest absolute Gasteiger partial charge is 0.455 e. The van der Waals surface area contributed by atoms with E-state index in [1.54, 1.807) is 0 Å². The molecule has 10 aromatic rings. The van der Waals surface area contributed by atoms with Crippen molar-refractivity contribution in [2.75, 3.05) is 0 Å². The van der Waals surface area contributed by atoms with E-state index in [0.717, 1.165) is 55.1 Å². The summed E-state index contributed by atoms with van der Waals surface area (Å²) in [7, 11) is 0. The maximum Gasteiger partial charge on any atom is 0.164 e. The van der Waals surface area contributed by atoms with Crippen LogP contribution in [0.1, 0.15) is 0 Å². The molecule has 4 nitrogen and oxygen atoms in total. The number of hydrogen-bond acceptors (Lipinski definition) is 4. The normalized spacial score (nSPS) is 11.9. The van der Waals surface area contributed by atoms with Crippen molar-refractivity contribution in [1.82, 2.24) is 15.0 Å². The Morgan fingerprint density at radius 2 is 0.961 bits per heavy atom. The molecule has 0 atom stereocenters. The molecule has 0 bridgehead atoms. The van der Waals surface area contributed by atoms with Gasteiger partial charge < -0.3 is 4.42 Å². The first-order chi connectivity index (χ1) is 25.3. The van der Waals surface area contributed by atoms with E-state index in [0.29, 0.717) is 17.5 Å². The summed E-state index contributed by atoms with van der Waals surface area (Å²) in [6.45, 7) is 0. The number of aromatic nitrogens is 3. The summed E-state index contributed by atoms with van der Waals surface area (Å²) in [5.41, 5.74) is 11.7. The molecule has 0 radical (unpaired) electrons. The van der Waals surface area contributed by atoms with Gasteiger partial charge in [-0.05, 0) is 73.6 Å². The number of hydrogen-bond donors (Lipinski definition) is 0. The molecule has 0 saturated carbocycles. The summed E-state index contributed by atoms with van der Waals surface area (Å²) in [4.78, 5) is 15.2. The van der Waals surface area contributed by atoms with Crippen LogP contribution in [-0.2, 0) is 0 Å². The fourth-order valence-corrected chi connectivity index (χ4v) is 7.90. The lowest BCUT2D eigenvalue weighted by molar-refractivity contribution is 0.670. The fraction of sp³-hybridized carbons (Fsp3) is 0. The second-order valence-electron chi connectivity index (χ2n) is 13.2. The van der Waals surface area contributed by atoms with Crippen LogP contribution in [0.3, 0.4) is 0 Å². The van der Waals surface area contributed by atoms with Crippen molar-refractivity contribution in [3.63, 3.8) is 0 Å². The van der Waals surface area contributed by atoms with Gasteiger partial charge in [-0.15, -0.1) is 0 Å². The summed E-state index contributed by atoms with van der Waals surface area (Å²) in [6, 6.07) is 57.4. The summed E-state index contributed by atoms with van der Waals surface area (Å²) in [5.74, 6) is 1.86. The molecule has 11 rings (SSSR count). The van der Waals surface area contributed by atoms with E-state index in [1.807, 2.05) is 42.5 Å². The van der Waals surface area contributed by atoms with Crippen LogP contribution >= 0.6 is 0 Å². The van der Waals surface area contributed by atoms with E-state index in [2.05, 4.69) is 121 Å². The monoisotopic (exact) mass is 649 g/mol. The summed E-state index contributed by atoms with van der Waals surface area (Å²) < 4.78 is 6.77. The Morgan fingerprint density at radius 1 is 0.333 bits per heavy atom. The number of rotatable bonds is 4. The lowest BCUT2D eigenvalue weighted by Gasteiger charge is -2.10. The van der Waals surface area contributed by atoms with Crippen molar-refractivity contribution >= 4 is 43.5 Å².